The van der Waals surface area contributed by atoms with E-state index in [0.717, 1.165) is 31.5 Å². The Bertz CT molecular complexity index is 365. The topological polar surface area (TPSA) is 28.2 Å². The zero-order chi connectivity index (χ0) is 13.1. The molecule has 1 N–H and O–H groups in total. The molecule has 1 saturated heterocycles. The number of nitrogens with one attached hydrogen (secondary N) is 1. The minimum atomic E-state index is 0.533. The van der Waals surface area contributed by atoms with Crippen molar-refractivity contribution in [3.8, 4) is 0 Å². The molecule has 2 atom stereocenters. The molecule has 1 aromatic heterocycles. The van der Waals surface area contributed by atoms with Crippen LogP contribution in [-0.2, 0) is 6.54 Å². The normalized spacial score (nSPS) is 24.8. The summed E-state index contributed by atoms with van der Waals surface area (Å²) in [5, 5.41) is 4.65. The molecule has 1 fully saturated rings. The predicted molar refractivity (Wildman–Crippen MR) is 79.2 cm³/mol. The third-order valence-corrected chi connectivity index (χ3v) is 4.42. The second-order valence-corrected chi connectivity index (χ2v) is 7.09. The van der Waals surface area contributed by atoms with E-state index in [1.54, 1.807) is 0 Å². The van der Waals surface area contributed by atoms with Gasteiger partial charge in [0.2, 0.25) is 0 Å². The van der Waals surface area contributed by atoms with Gasteiger partial charge < -0.3 is 10.2 Å². The van der Waals surface area contributed by atoms with Crippen LogP contribution < -0.4 is 10.2 Å². The minimum Gasteiger partial charge on any atom is -0.348 e. The number of nitrogens with zero attached hydrogens (tertiary/aromatic N) is 2. The summed E-state index contributed by atoms with van der Waals surface area (Å²) >= 11 is 1.84. The van der Waals surface area contributed by atoms with Gasteiger partial charge in [0.25, 0.3) is 0 Å². The van der Waals surface area contributed by atoms with Crippen LogP contribution in [0.15, 0.2) is 6.20 Å². The summed E-state index contributed by atoms with van der Waals surface area (Å²) in [6.07, 6.45) is 3.38. The SMILES string of the molecule is CC1CC(C)CN(c2ncc(CNC(C)C)s2)C1. The average Bonchev–Trinajstić information content (AvgIpc) is 2.73. The lowest BCUT2D eigenvalue weighted by molar-refractivity contribution is 0.356. The fourth-order valence-corrected chi connectivity index (χ4v) is 3.53. The Hall–Kier alpha value is -0.610. The monoisotopic (exact) mass is 267 g/mol. The van der Waals surface area contributed by atoms with Crippen LogP contribution in [0, 0.1) is 11.8 Å². The summed E-state index contributed by atoms with van der Waals surface area (Å²) in [4.78, 5) is 8.39. The smallest absolute Gasteiger partial charge is 0.185 e. The summed E-state index contributed by atoms with van der Waals surface area (Å²) in [6, 6.07) is 0.533. The van der Waals surface area contributed by atoms with Crippen LogP contribution in [0.3, 0.4) is 0 Å². The molecule has 0 aromatic carbocycles. The number of hydrogen-bond acceptors (Lipinski definition) is 4. The first-order valence-electron chi connectivity index (χ1n) is 6.97. The average molecular weight is 267 g/mol. The van der Waals surface area contributed by atoms with Crippen molar-refractivity contribution in [3.63, 3.8) is 0 Å². The molecule has 18 heavy (non-hydrogen) atoms. The van der Waals surface area contributed by atoms with Crippen LogP contribution in [0.1, 0.15) is 39.0 Å². The highest BCUT2D eigenvalue weighted by Gasteiger charge is 2.23. The third kappa shape index (κ3) is 3.69. The molecule has 0 bridgehead atoms. The number of thiazole rings is 1. The van der Waals surface area contributed by atoms with Crippen LogP contribution in [0.4, 0.5) is 5.13 Å². The van der Waals surface area contributed by atoms with Crippen molar-refractivity contribution in [2.24, 2.45) is 11.8 Å². The molecule has 0 saturated carbocycles. The Morgan fingerprint density at radius 2 is 2.06 bits per heavy atom. The van der Waals surface area contributed by atoms with Crippen LogP contribution in [0.25, 0.3) is 0 Å². The van der Waals surface area contributed by atoms with E-state index in [0.29, 0.717) is 6.04 Å². The van der Waals surface area contributed by atoms with Crippen LogP contribution in [0.5, 0.6) is 0 Å². The lowest BCUT2D eigenvalue weighted by atomic mass is 9.92. The number of piperidine rings is 1. The van der Waals surface area contributed by atoms with E-state index in [2.05, 4.69) is 42.9 Å². The quantitative estimate of drug-likeness (QED) is 0.908. The van der Waals surface area contributed by atoms with Crippen LogP contribution in [-0.4, -0.2) is 24.1 Å². The highest BCUT2D eigenvalue weighted by atomic mass is 32.1. The molecule has 2 rings (SSSR count). The molecule has 3 nitrogen and oxygen atoms in total. The van der Waals surface area contributed by atoms with Crippen molar-refractivity contribution < 1.29 is 0 Å². The summed E-state index contributed by atoms with van der Waals surface area (Å²) in [5.41, 5.74) is 0. The summed E-state index contributed by atoms with van der Waals surface area (Å²) in [6.45, 7) is 12.3. The van der Waals surface area contributed by atoms with Crippen LogP contribution >= 0.6 is 11.3 Å². The highest BCUT2D eigenvalue weighted by molar-refractivity contribution is 7.15. The lowest BCUT2D eigenvalue weighted by Gasteiger charge is -2.34. The van der Waals surface area contributed by atoms with Crippen LogP contribution in [0.2, 0.25) is 0 Å². The maximum absolute atomic E-state index is 4.59. The number of rotatable bonds is 4. The summed E-state index contributed by atoms with van der Waals surface area (Å²) < 4.78 is 0. The van der Waals surface area contributed by atoms with Gasteiger partial charge in [0.15, 0.2) is 5.13 Å². The summed E-state index contributed by atoms with van der Waals surface area (Å²) in [7, 11) is 0. The highest BCUT2D eigenvalue weighted by Crippen LogP contribution is 2.29. The maximum Gasteiger partial charge on any atom is 0.185 e. The molecule has 0 aliphatic carbocycles. The van der Waals surface area contributed by atoms with Crippen molar-refractivity contribution in [1.29, 1.82) is 0 Å². The van der Waals surface area contributed by atoms with Gasteiger partial charge in [0.05, 0.1) is 0 Å². The lowest BCUT2D eigenvalue weighted by Crippen LogP contribution is -2.38. The van der Waals surface area contributed by atoms with E-state index in [4.69, 9.17) is 0 Å². The van der Waals surface area contributed by atoms with Crippen molar-refractivity contribution in [1.82, 2.24) is 10.3 Å². The molecule has 0 spiro atoms. The molecule has 2 heterocycles. The van der Waals surface area contributed by atoms with Gasteiger partial charge in [-0.05, 0) is 18.3 Å². The number of aromatic nitrogens is 1. The van der Waals surface area contributed by atoms with E-state index in [9.17, 15) is 0 Å². The van der Waals surface area contributed by atoms with Gasteiger partial charge in [-0.2, -0.15) is 0 Å². The van der Waals surface area contributed by atoms with E-state index in [1.165, 1.54) is 16.4 Å². The largest absolute Gasteiger partial charge is 0.348 e. The Morgan fingerprint density at radius 3 is 2.67 bits per heavy atom. The predicted octanol–water partition coefficient (Wildman–Crippen LogP) is 3.12. The molecular formula is C14H25N3S. The minimum absolute atomic E-state index is 0.533. The first kappa shape index (κ1) is 13.8. The third-order valence-electron chi connectivity index (χ3n) is 3.37. The molecule has 0 amide bonds. The molecule has 1 aliphatic heterocycles. The zero-order valence-corrected chi connectivity index (χ0v) is 12.8. The second kappa shape index (κ2) is 6.02. The number of anilines is 1. The fourth-order valence-electron chi connectivity index (χ4n) is 2.65. The molecule has 102 valence electrons. The van der Waals surface area contributed by atoms with E-state index in [1.807, 2.05) is 17.5 Å². The van der Waals surface area contributed by atoms with Gasteiger partial charge in [-0.3, -0.25) is 0 Å². The molecule has 0 radical (unpaired) electrons. The molecular weight excluding hydrogens is 242 g/mol. The van der Waals surface area contributed by atoms with Crippen molar-refractivity contribution >= 4 is 16.5 Å². The Balaban J connectivity index is 1.96. The molecule has 2 unspecified atom stereocenters. The zero-order valence-electron chi connectivity index (χ0n) is 11.9. The number of hydrogen-bond donors (Lipinski definition) is 1. The van der Waals surface area contributed by atoms with Gasteiger partial charge in [-0.25, -0.2) is 4.98 Å². The van der Waals surface area contributed by atoms with Gasteiger partial charge in [0.1, 0.15) is 0 Å². The first-order valence-corrected chi connectivity index (χ1v) is 7.79. The first-order chi connectivity index (χ1) is 8.54. The second-order valence-electron chi connectivity index (χ2n) is 6.00. The van der Waals surface area contributed by atoms with E-state index < -0.39 is 0 Å². The summed E-state index contributed by atoms with van der Waals surface area (Å²) in [5.74, 6) is 1.57. The van der Waals surface area contributed by atoms with Gasteiger partial charge in [0, 0.05) is 36.8 Å². The van der Waals surface area contributed by atoms with Gasteiger partial charge in [-0.1, -0.05) is 27.7 Å². The van der Waals surface area contributed by atoms with Gasteiger partial charge >= 0.3 is 0 Å². The standard InChI is InChI=1S/C14H25N3S/c1-10(2)15-6-13-7-16-14(18-13)17-8-11(3)5-12(4)9-17/h7,10-12,15H,5-6,8-9H2,1-4H3. The van der Waals surface area contributed by atoms with Crippen molar-refractivity contribution in [2.75, 3.05) is 18.0 Å². The van der Waals surface area contributed by atoms with E-state index >= 15 is 0 Å². The molecule has 1 aliphatic rings. The van der Waals surface area contributed by atoms with Crippen molar-refractivity contribution in [3.05, 3.63) is 11.1 Å². The van der Waals surface area contributed by atoms with Crippen molar-refractivity contribution in [2.45, 2.75) is 46.7 Å². The van der Waals surface area contributed by atoms with E-state index in [-0.39, 0.29) is 0 Å². The Kier molecular flexibility index (Phi) is 4.62. The Labute approximate surface area is 115 Å². The van der Waals surface area contributed by atoms with Gasteiger partial charge in [-0.15, -0.1) is 11.3 Å². The Morgan fingerprint density at radius 1 is 1.39 bits per heavy atom. The fraction of sp³-hybridized carbons (Fsp3) is 0.786. The molecule has 1 aromatic rings. The molecule has 4 heteroatoms. The maximum atomic E-state index is 4.59.